The monoisotopic (exact) mass is 290 g/mol. The lowest BCUT2D eigenvalue weighted by molar-refractivity contribution is -0.138. The maximum Gasteiger partial charge on any atom is 0.248 e. The Labute approximate surface area is 128 Å². The normalized spacial score (nSPS) is 20.0. The summed E-state index contributed by atoms with van der Waals surface area (Å²) in [5, 5.41) is 9.58. The molecular formula is C18H14N2O2. The average Bonchev–Trinajstić information content (AvgIpc) is 2.78. The zero-order valence-corrected chi connectivity index (χ0v) is 12.1. The highest BCUT2D eigenvalue weighted by Crippen LogP contribution is 2.45. The van der Waals surface area contributed by atoms with E-state index in [0.29, 0.717) is 11.1 Å². The minimum absolute atomic E-state index is 0.360. The number of imide groups is 1. The van der Waals surface area contributed by atoms with Crippen LogP contribution >= 0.6 is 0 Å². The number of carbonyl (C=O) groups excluding carboxylic acids is 2. The topological polar surface area (TPSA) is 61.2 Å². The predicted molar refractivity (Wildman–Crippen MR) is 80.5 cm³/mol. The van der Waals surface area contributed by atoms with E-state index in [2.05, 4.69) is 6.07 Å². The number of likely N-dealkylation sites (tertiary alicyclic amines) is 1. The molecule has 2 aromatic carbocycles. The van der Waals surface area contributed by atoms with Crippen LogP contribution in [-0.4, -0.2) is 23.8 Å². The molecule has 2 aromatic rings. The van der Waals surface area contributed by atoms with Gasteiger partial charge in [0.15, 0.2) is 0 Å². The van der Waals surface area contributed by atoms with Gasteiger partial charge >= 0.3 is 0 Å². The molecule has 0 N–H and O–H groups in total. The molecule has 0 unspecified atom stereocenters. The number of amides is 2. The summed E-state index contributed by atoms with van der Waals surface area (Å²) < 4.78 is 0. The van der Waals surface area contributed by atoms with E-state index < -0.39 is 17.2 Å². The van der Waals surface area contributed by atoms with E-state index in [1.165, 1.54) is 7.05 Å². The summed E-state index contributed by atoms with van der Waals surface area (Å²) in [6.07, 6.45) is 0. The van der Waals surface area contributed by atoms with Crippen LogP contribution in [-0.2, 0) is 15.0 Å². The lowest BCUT2D eigenvalue weighted by Crippen LogP contribution is -2.41. The molecule has 1 aliphatic heterocycles. The van der Waals surface area contributed by atoms with Crippen LogP contribution in [0.15, 0.2) is 60.7 Å². The van der Waals surface area contributed by atoms with Gasteiger partial charge in [-0.2, -0.15) is 5.26 Å². The van der Waals surface area contributed by atoms with Gasteiger partial charge in [-0.05, 0) is 11.1 Å². The molecule has 0 spiro atoms. The third-order valence-electron chi connectivity index (χ3n) is 4.24. The molecule has 1 fully saturated rings. The van der Waals surface area contributed by atoms with Crippen molar-refractivity contribution < 1.29 is 9.59 Å². The zero-order valence-electron chi connectivity index (χ0n) is 12.1. The molecule has 3 rings (SSSR count). The highest BCUT2D eigenvalue weighted by Gasteiger charge is 2.60. The summed E-state index contributed by atoms with van der Waals surface area (Å²) in [5.41, 5.74) is 0.0502. The van der Waals surface area contributed by atoms with E-state index in [0.717, 1.165) is 4.90 Å². The molecule has 0 aliphatic carbocycles. The van der Waals surface area contributed by atoms with Crippen LogP contribution in [0.2, 0.25) is 0 Å². The van der Waals surface area contributed by atoms with Gasteiger partial charge in [0.1, 0.15) is 11.3 Å². The maximum atomic E-state index is 13.0. The van der Waals surface area contributed by atoms with Crippen LogP contribution in [0.1, 0.15) is 11.1 Å². The first-order valence-electron chi connectivity index (χ1n) is 6.96. The third-order valence-corrected chi connectivity index (χ3v) is 4.24. The van der Waals surface area contributed by atoms with E-state index >= 15 is 0 Å². The minimum Gasteiger partial charge on any atom is -0.283 e. The van der Waals surface area contributed by atoms with Crippen LogP contribution in [0.4, 0.5) is 0 Å². The van der Waals surface area contributed by atoms with Gasteiger partial charge in [0.05, 0.1) is 6.07 Å². The van der Waals surface area contributed by atoms with Crippen LogP contribution in [0, 0.1) is 17.2 Å². The van der Waals surface area contributed by atoms with Crippen molar-refractivity contribution in [1.29, 1.82) is 5.26 Å². The summed E-state index contributed by atoms with van der Waals surface area (Å²) in [6.45, 7) is 0. The lowest BCUT2D eigenvalue weighted by atomic mass is 9.67. The minimum atomic E-state index is -1.27. The number of likely N-dealkylation sites (N-methyl/N-ethyl adjacent to an activating group) is 1. The largest absolute Gasteiger partial charge is 0.283 e. The van der Waals surface area contributed by atoms with Crippen LogP contribution in [0.25, 0.3) is 0 Å². The third kappa shape index (κ3) is 1.69. The molecule has 1 saturated heterocycles. The summed E-state index contributed by atoms with van der Waals surface area (Å²) in [7, 11) is 1.43. The van der Waals surface area contributed by atoms with E-state index in [4.69, 9.17) is 0 Å². The van der Waals surface area contributed by atoms with E-state index in [9.17, 15) is 14.9 Å². The molecule has 4 heteroatoms. The fourth-order valence-corrected chi connectivity index (χ4v) is 3.17. The highest BCUT2D eigenvalue weighted by molar-refractivity contribution is 6.13. The van der Waals surface area contributed by atoms with Gasteiger partial charge in [0, 0.05) is 7.05 Å². The number of carbonyl (C=O) groups is 2. The van der Waals surface area contributed by atoms with Crippen molar-refractivity contribution in [3.8, 4) is 6.07 Å². The molecule has 1 heterocycles. The van der Waals surface area contributed by atoms with Gasteiger partial charge in [0.25, 0.3) is 0 Å². The van der Waals surface area contributed by atoms with Crippen molar-refractivity contribution in [2.45, 2.75) is 5.41 Å². The van der Waals surface area contributed by atoms with Crippen molar-refractivity contribution in [2.24, 2.45) is 5.92 Å². The molecule has 0 aromatic heterocycles. The van der Waals surface area contributed by atoms with E-state index in [1.807, 2.05) is 36.4 Å². The van der Waals surface area contributed by atoms with Crippen molar-refractivity contribution >= 4 is 11.8 Å². The van der Waals surface area contributed by atoms with E-state index in [1.54, 1.807) is 24.3 Å². The molecule has 0 radical (unpaired) electrons. The first kappa shape index (κ1) is 14.0. The van der Waals surface area contributed by atoms with Crippen molar-refractivity contribution in [2.75, 3.05) is 7.05 Å². The SMILES string of the molecule is CN1C(=O)[C@H](C#N)C(c2ccccc2)(c2ccccc2)C1=O. The lowest BCUT2D eigenvalue weighted by Gasteiger charge is -2.29. The Hall–Kier alpha value is -2.93. The Balaban J connectivity index is 2.37. The smallest absolute Gasteiger partial charge is 0.248 e. The second-order valence-corrected chi connectivity index (χ2v) is 5.30. The number of nitriles is 1. The fraction of sp³-hybridized carbons (Fsp3) is 0.167. The predicted octanol–water partition coefficient (Wildman–Crippen LogP) is 2.11. The molecule has 108 valence electrons. The van der Waals surface area contributed by atoms with Crippen molar-refractivity contribution in [1.82, 2.24) is 4.90 Å². The standard InChI is InChI=1S/C18H14N2O2/c1-20-16(21)15(12-19)18(17(20)22,13-8-4-2-5-9-13)14-10-6-3-7-11-14/h2-11,15H,1H3/t15-/m0/s1. The Morgan fingerprint density at radius 2 is 1.41 bits per heavy atom. The molecule has 0 bridgehead atoms. The summed E-state index contributed by atoms with van der Waals surface area (Å²) >= 11 is 0. The van der Waals surface area contributed by atoms with Gasteiger partial charge in [-0.25, -0.2) is 0 Å². The van der Waals surface area contributed by atoms with Crippen LogP contribution < -0.4 is 0 Å². The van der Waals surface area contributed by atoms with Crippen molar-refractivity contribution in [3.63, 3.8) is 0 Å². The average molecular weight is 290 g/mol. The number of hydrogen-bond acceptors (Lipinski definition) is 3. The summed E-state index contributed by atoms with van der Waals surface area (Å²) in [5.74, 6) is -1.88. The maximum absolute atomic E-state index is 13.0. The molecular weight excluding hydrogens is 276 g/mol. The molecule has 2 amide bonds. The first-order valence-corrected chi connectivity index (χ1v) is 6.96. The number of benzene rings is 2. The van der Waals surface area contributed by atoms with Crippen LogP contribution in [0.3, 0.4) is 0 Å². The van der Waals surface area contributed by atoms with Gasteiger partial charge in [0.2, 0.25) is 11.8 Å². The Morgan fingerprint density at radius 3 is 1.82 bits per heavy atom. The molecule has 22 heavy (non-hydrogen) atoms. The molecule has 1 atom stereocenters. The first-order chi connectivity index (χ1) is 10.6. The van der Waals surface area contributed by atoms with Gasteiger partial charge < -0.3 is 0 Å². The van der Waals surface area contributed by atoms with Gasteiger partial charge in [-0.1, -0.05) is 60.7 Å². The number of nitrogens with zero attached hydrogens (tertiary/aromatic N) is 2. The molecule has 0 saturated carbocycles. The highest BCUT2D eigenvalue weighted by atomic mass is 16.2. The molecule has 4 nitrogen and oxygen atoms in total. The number of hydrogen-bond donors (Lipinski definition) is 0. The van der Waals surface area contributed by atoms with Gasteiger partial charge in [-0.3, -0.25) is 14.5 Å². The van der Waals surface area contributed by atoms with Crippen LogP contribution in [0.5, 0.6) is 0 Å². The molecule has 1 aliphatic rings. The second kappa shape index (κ2) is 5.12. The summed E-state index contributed by atoms with van der Waals surface area (Å²) in [4.78, 5) is 26.4. The Morgan fingerprint density at radius 1 is 0.955 bits per heavy atom. The van der Waals surface area contributed by atoms with Gasteiger partial charge in [-0.15, -0.1) is 0 Å². The Kier molecular flexibility index (Phi) is 3.26. The van der Waals surface area contributed by atoms with Crippen molar-refractivity contribution in [3.05, 3.63) is 71.8 Å². The summed E-state index contributed by atoms with van der Waals surface area (Å²) in [6, 6.07) is 20.1. The zero-order chi connectivity index (χ0) is 15.7. The Bertz CT molecular complexity index is 723. The quantitative estimate of drug-likeness (QED) is 0.796. The fourth-order valence-electron chi connectivity index (χ4n) is 3.17. The second-order valence-electron chi connectivity index (χ2n) is 5.30. The number of rotatable bonds is 2. The van der Waals surface area contributed by atoms with E-state index in [-0.39, 0.29) is 5.91 Å².